The highest BCUT2D eigenvalue weighted by atomic mass is 16.3. The molecular weight excluding hydrogens is 188 g/mol. The molecule has 0 aromatic carbocycles. The van der Waals surface area contributed by atoms with E-state index in [4.69, 9.17) is 0 Å². The van der Waals surface area contributed by atoms with Gasteiger partial charge in [0.25, 0.3) is 0 Å². The van der Waals surface area contributed by atoms with Gasteiger partial charge < -0.3 is 10.2 Å². The third-order valence-corrected chi connectivity index (χ3v) is 3.57. The van der Waals surface area contributed by atoms with Crippen molar-refractivity contribution < 1.29 is 10.2 Å². The first-order chi connectivity index (χ1) is 7.08. The fraction of sp³-hybridized carbons (Fsp3) is 0.846. The van der Waals surface area contributed by atoms with Crippen molar-refractivity contribution in [3.8, 4) is 0 Å². The summed E-state index contributed by atoms with van der Waals surface area (Å²) in [6.07, 6.45) is 6.73. The van der Waals surface area contributed by atoms with Gasteiger partial charge in [-0.1, -0.05) is 44.8 Å². The van der Waals surface area contributed by atoms with Gasteiger partial charge in [-0.05, 0) is 25.7 Å². The van der Waals surface area contributed by atoms with Crippen molar-refractivity contribution in [1.82, 2.24) is 0 Å². The summed E-state index contributed by atoms with van der Waals surface area (Å²) in [5.41, 5.74) is 0.175. The Kier molecular flexibility index (Phi) is 4.81. The van der Waals surface area contributed by atoms with Crippen LogP contribution in [-0.4, -0.2) is 21.9 Å². The van der Waals surface area contributed by atoms with E-state index in [2.05, 4.69) is 6.58 Å². The molecule has 0 aromatic heterocycles. The molecule has 1 aliphatic carbocycles. The SMILES string of the molecule is C=C(CC)CC(O)C1(O)CCCCCC1. The Bertz CT molecular complexity index is 203. The molecule has 1 rings (SSSR count). The van der Waals surface area contributed by atoms with Gasteiger partial charge in [-0.15, -0.1) is 0 Å². The van der Waals surface area contributed by atoms with E-state index < -0.39 is 11.7 Å². The molecule has 0 bridgehead atoms. The van der Waals surface area contributed by atoms with Crippen molar-refractivity contribution in [2.75, 3.05) is 0 Å². The number of hydrogen-bond donors (Lipinski definition) is 2. The summed E-state index contributed by atoms with van der Waals surface area (Å²) < 4.78 is 0. The standard InChI is InChI=1S/C13H24O2/c1-3-11(2)10-12(14)13(15)8-6-4-5-7-9-13/h12,14-15H,2-10H2,1H3. The van der Waals surface area contributed by atoms with Gasteiger partial charge in [-0.2, -0.15) is 0 Å². The van der Waals surface area contributed by atoms with Crippen molar-refractivity contribution >= 4 is 0 Å². The molecule has 2 heteroatoms. The Labute approximate surface area is 93.0 Å². The summed E-state index contributed by atoms with van der Waals surface area (Å²) in [4.78, 5) is 0. The van der Waals surface area contributed by atoms with Gasteiger partial charge in [0.15, 0.2) is 0 Å². The summed E-state index contributed by atoms with van der Waals surface area (Å²) in [6.45, 7) is 5.93. The second-order valence-electron chi connectivity index (χ2n) is 4.84. The van der Waals surface area contributed by atoms with E-state index in [1.165, 1.54) is 12.8 Å². The first kappa shape index (κ1) is 12.7. The van der Waals surface area contributed by atoms with Crippen LogP contribution in [0.15, 0.2) is 12.2 Å². The maximum Gasteiger partial charge on any atom is 0.0908 e. The third kappa shape index (κ3) is 3.62. The van der Waals surface area contributed by atoms with Crippen LogP contribution in [0.1, 0.15) is 58.3 Å². The molecule has 1 fully saturated rings. The maximum absolute atomic E-state index is 10.4. The number of hydrogen-bond acceptors (Lipinski definition) is 2. The molecule has 1 unspecified atom stereocenters. The normalized spacial score (nSPS) is 23.1. The molecule has 0 heterocycles. The highest BCUT2D eigenvalue weighted by Gasteiger charge is 2.35. The monoisotopic (exact) mass is 212 g/mol. The Morgan fingerprint density at radius 2 is 1.80 bits per heavy atom. The highest BCUT2D eigenvalue weighted by molar-refractivity contribution is 5.00. The minimum atomic E-state index is -0.853. The van der Waals surface area contributed by atoms with Crippen molar-refractivity contribution in [2.45, 2.75) is 70.0 Å². The molecule has 1 atom stereocenters. The van der Waals surface area contributed by atoms with Crippen molar-refractivity contribution in [3.63, 3.8) is 0 Å². The lowest BCUT2D eigenvalue weighted by Crippen LogP contribution is -2.42. The van der Waals surface area contributed by atoms with Crippen LogP contribution in [0.4, 0.5) is 0 Å². The molecule has 1 aliphatic rings. The van der Waals surface area contributed by atoms with E-state index in [0.717, 1.165) is 37.7 Å². The molecule has 0 radical (unpaired) electrons. The first-order valence-electron chi connectivity index (χ1n) is 6.15. The smallest absolute Gasteiger partial charge is 0.0908 e. The minimum absolute atomic E-state index is 0.549. The van der Waals surface area contributed by atoms with E-state index in [0.29, 0.717) is 6.42 Å². The van der Waals surface area contributed by atoms with Crippen LogP contribution < -0.4 is 0 Å². The number of aliphatic hydroxyl groups excluding tert-OH is 1. The molecular formula is C13H24O2. The van der Waals surface area contributed by atoms with Crippen LogP contribution in [-0.2, 0) is 0 Å². The van der Waals surface area contributed by atoms with E-state index >= 15 is 0 Å². The van der Waals surface area contributed by atoms with Gasteiger partial charge in [0.1, 0.15) is 0 Å². The van der Waals surface area contributed by atoms with Crippen LogP contribution in [0, 0.1) is 0 Å². The summed E-state index contributed by atoms with van der Waals surface area (Å²) in [6, 6.07) is 0. The molecule has 88 valence electrons. The highest BCUT2D eigenvalue weighted by Crippen LogP contribution is 2.32. The van der Waals surface area contributed by atoms with Crippen LogP contribution in [0.2, 0.25) is 0 Å². The lowest BCUT2D eigenvalue weighted by Gasteiger charge is -2.32. The Morgan fingerprint density at radius 1 is 1.27 bits per heavy atom. The zero-order valence-electron chi connectivity index (χ0n) is 9.84. The average Bonchev–Trinajstić information content (AvgIpc) is 2.44. The maximum atomic E-state index is 10.4. The van der Waals surface area contributed by atoms with Gasteiger partial charge in [0.2, 0.25) is 0 Å². The van der Waals surface area contributed by atoms with Gasteiger partial charge in [0, 0.05) is 0 Å². The average molecular weight is 212 g/mol. The first-order valence-corrected chi connectivity index (χ1v) is 6.15. The quantitative estimate of drug-likeness (QED) is 0.555. The van der Waals surface area contributed by atoms with Gasteiger partial charge in [-0.3, -0.25) is 0 Å². The topological polar surface area (TPSA) is 40.5 Å². The van der Waals surface area contributed by atoms with Gasteiger partial charge in [0.05, 0.1) is 11.7 Å². The molecule has 0 amide bonds. The zero-order chi connectivity index (χ0) is 11.3. The number of aliphatic hydroxyl groups is 2. The minimum Gasteiger partial charge on any atom is -0.390 e. The third-order valence-electron chi connectivity index (χ3n) is 3.57. The van der Waals surface area contributed by atoms with Crippen molar-refractivity contribution in [2.24, 2.45) is 0 Å². The fourth-order valence-corrected chi connectivity index (χ4v) is 2.28. The van der Waals surface area contributed by atoms with Crippen molar-refractivity contribution in [1.29, 1.82) is 0 Å². The van der Waals surface area contributed by atoms with E-state index in [1.54, 1.807) is 0 Å². The fourth-order valence-electron chi connectivity index (χ4n) is 2.28. The molecule has 0 aromatic rings. The Hall–Kier alpha value is -0.340. The molecule has 1 saturated carbocycles. The van der Waals surface area contributed by atoms with Gasteiger partial charge >= 0.3 is 0 Å². The Balaban J connectivity index is 2.53. The van der Waals surface area contributed by atoms with Crippen LogP contribution in [0.3, 0.4) is 0 Å². The largest absolute Gasteiger partial charge is 0.390 e. The molecule has 0 saturated heterocycles. The summed E-state index contributed by atoms with van der Waals surface area (Å²) in [7, 11) is 0. The van der Waals surface area contributed by atoms with E-state index in [1.807, 2.05) is 6.92 Å². The lowest BCUT2D eigenvalue weighted by atomic mass is 9.85. The summed E-state index contributed by atoms with van der Waals surface area (Å²) in [5.74, 6) is 0. The van der Waals surface area contributed by atoms with Crippen LogP contribution in [0.5, 0.6) is 0 Å². The second-order valence-corrected chi connectivity index (χ2v) is 4.84. The van der Waals surface area contributed by atoms with Crippen molar-refractivity contribution in [3.05, 3.63) is 12.2 Å². The van der Waals surface area contributed by atoms with Crippen LogP contribution in [0.25, 0.3) is 0 Å². The number of rotatable bonds is 4. The predicted molar refractivity (Wildman–Crippen MR) is 62.7 cm³/mol. The van der Waals surface area contributed by atoms with E-state index in [9.17, 15) is 10.2 Å². The summed E-state index contributed by atoms with van der Waals surface area (Å²) >= 11 is 0. The van der Waals surface area contributed by atoms with Gasteiger partial charge in [-0.25, -0.2) is 0 Å². The summed E-state index contributed by atoms with van der Waals surface area (Å²) in [5, 5.41) is 20.4. The molecule has 0 aliphatic heterocycles. The zero-order valence-corrected chi connectivity index (χ0v) is 9.84. The molecule has 15 heavy (non-hydrogen) atoms. The second kappa shape index (κ2) is 5.66. The molecule has 2 N–H and O–H groups in total. The molecule has 2 nitrogen and oxygen atoms in total. The molecule has 0 spiro atoms. The predicted octanol–water partition coefficient (Wildman–Crippen LogP) is 2.79. The van der Waals surface area contributed by atoms with E-state index in [-0.39, 0.29) is 0 Å². The lowest BCUT2D eigenvalue weighted by molar-refractivity contribution is -0.0837. The van der Waals surface area contributed by atoms with Crippen LogP contribution >= 0.6 is 0 Å². The Morgan fingerprint density at radius 3 is 2.27 bits per heavy atom.